The van der Waals surface area contributed by atoms with E-state index >= 15 is 0 Å². The van der Waals surface area contributed by atoms with E-state index in [9.17, 15) is 0 Å². The maximum Gasteiger partial charge on any atom is 0.192 e. The second-order valence-corrected chi connectivity index (χ2v) is 7.70. The van der Waals surface area contributed by atoms with Gasteiger partial charge in [0.05, 0.1) is 19.3 Å². The van der Waals surface area contributed by atoms with Crippen LogP contribution in [0, 0.1) is 6.92 Å². The van der Waals surface area contributed by atoms with E-state index in [1.807, 2.05) is 67.1 Å². The first-order chi connectivity index (χ1) is 15.7. The summed E-state index contributed by atoms with van der Waals surface area (Å²) in [5.41, 5.74) is 1.15. The first-order valence-electron chi connectivity index (χ1n) is 11.0. The molecule has 1 unspecified atom stereocenters. The number of hydrogen-bond acceptors (Lipinski definition) is 5. The number of aromatic nitrogens is 3. The Bertz CT molecular complexity index is 1040. The third-order valence-corrected chi connectivity index (χ3v) is 5.46. The number of fused-ring (bicyclic) bond motifs is 1. The molecule has 0 spiro atoms. The number of ether oxygens (including phenoxy) is 2. The SMILES string of the molecule is Cc1nnc(CN=C(NCCCOc2ccccc2)NC2CCOc3ccccc32)n1C.I. The molecule has 0 saturated heterocycles. The summed E-state index contributed by atoms with van der Waals surface area (Å²) >= 11 is 0. The monoisotopic (exact) mass is 562 g/mol. The Morgan fingerprint density at radius 1 is 1.15 bits per heavy atom. The fourth-order valence-electron chi connectivity index (χ4n) is 3.53. The second-order valence-electron chi connectivity index (χ2n) is 7.70. The number of para-hydroxylation sites is 2. The normalized spacial score (nSPS) is 15.1. The molecule has 2 heterocycles. The summed E-state index contributed by atoms with van der Waals surface area (Å²) in [5, 5.41) is 15.4. The van der Waals surface area contributed by atoms with Crippen LogP contribution in [0.5, 0.6) is 11.5 Å². The zero-order valence-electron chi connectivity index (χ0n) is 19.0. The van der Waals surface area contributed by atoms with Crippen LogP contribution in [-0.4, -0.2) is 40.5 Å². The third-order valence-electron chi connectivity index (χ3n) is 5.46. The Morgan fingerprint density at radius 3 is 2.73 bits per heavy atom. The second kappa shape index (κ2) is 12.4. The molecule has 33 heavy (non-hydrogen) atoms. The van der Waals surface area contributed by atoms with Gasteiger partial charge in [-0.15, -0.1) is 34.2 Å². The van der Waals surface area contributed by atoms with E-state index in [1.54, 1.807) is 0 Å². The van der Waals surface area contributed by atoms with E-state index in [-0.39, 0.29) is 30.0 Å². The van der Waals surface area contributed by atoms with Crippen LogP contribution in [0.3, 0.4) is 0 Å². The number of rotatable bonds is 8. The lowest BCUT2D eigenvalue weighted by Crippen LogP contribution is -2.41. The van der Waals surface area contributed by atoms with Crippen molar-refractivity contribution < 1.29 is 9.47 Å². The predicted molar refractivity (Wildman–Crippen MR) is 139 cm³/mol. The number of nitrogens with one attached hydrogen (secondary N) is 2. The van der Waals surface area contributed by atoms with Gasteiger partial charge < -0.3 is 24.7 Å². The molecule has 8 nitrogen and oxygen atoms in total. The Morgan fingerprint density at radius 2 is 1.94 bits per heavy atom. The lowest BCUT2D eigenvalue weighted by Gasteiger charge is -2.28. The highest BCUT2D eigenvalue weighted by Crippen LogP contribution is 2.31. The zero-order chi connectivity index (χ0) is 22.2. The van der Waals surface area contributed by atoms with Crippen molar-refractivity contribution in [2.24, 2.45) is 12.0 Å². The summed E-state index contributed by atoms with van der Waals surface area (Å²) < 4.78 is 13.6. The molecule has 1 atom stereocenters. The standard InChI is InChI=1S/C24H30N6O2.HI/c1-18-28-29-23(30(18)2)17-26-24(25-14-8-15-31-19-9-4-3-5-10-19)27-21-13-16-32-22-12-7-6-11-20(21)22;/h3-7,9-12,21H,8,13-17H2,1-2H3,(H2,25,26,27);1H. The zero-order valence-corrected chi connectivity index (χ0v) is 21.4. The molecular formula is C24H31IN6O2. The van der Waals surface area contributed by atoms with Crippen molar-refractivity contribution in [1.29, 1.82) is 0 Å². The van der Waals surface area contributed by atoms with E-state index in [4.69, 9.17) is 14.5 Å². The van der Waals surface area contributed by atoms with Crippen LogP contribution in [0.2, 0.25) is 0 Å². The van der Waals surface area contributed by atoms with Crippen LogP contribution < -0.4 is 20.1 Å². The van der Waals surface area contributed by atoms with Crippen molar-refractivity contribution >= 4 is 29.9 Å². The first-order valence-corrected chi connectivity index (χ1v) is 11.0. The molecule has 1 aromatic heterocycles. The smallest absolute Gasteiger partial charge is 0.192 e. The average molecular weight is 562 g/mol. The summed E-state index contributed by atoms with van der Waals surface area (Å²) in [5.74, 6) is 4.25. The third kappa shape index (κ3) is 6.83. The Labute approximate surface area is 211 Å². The van der Waals surface area contributed by atoms with E-state index < -0.39 is 0 Å². The highest BCUT2D eigenvalue weighted by molar-refractivity contribution is 14.0. The van der Waals surface area contributed by atoms with E-state index in [0.717, 1.165) is 54.1 Å². The molecule has 1 aliphatic heterocycles. The number of aliphatic imine (C=N–C) groups is 1. The van der Waals surface area contributed by atoms with Gasteiger partial charge in [-0.25, -0.2) is 4.99 Å². The van der Waals surface area contributed by atoms with Gasteiger partial charge in [-0.2, -0.15) is 0 Å². The highest BCUT2D eigenvalue weighted by Gasteiger charge is 2.22. The van der Waals surface area contributed by atoms with Gasteiger partial charge in [-0.1, -0.05) is 36.4 Å². The van der Waals surface area contributed by atoms with Crippen molar-refractivity contribution in [2.75, 3.05) is 19.8 Å². The summed E-state index contributed by atoms with van der Waals surface area (Å²) in [6, 6.07) is 18.1. The van der Waals surface area contributed by atoms with Gasteiger partial charge in [0, 0.05) is 25.6 Å². The molecular weight excluding hydrogens is 531 g/mol. The molecule has 0 aliphatic carbocycles. The van der Waals surface area contributed by atoms with Crippen molar-refractivity contribution in [2.45, 2.75) is 32.4 Å². The number of hydrogen-bond donors (Lipinski definition) is 2. The van der Waals surface area contributed by atoms with Crippen LogP contribution >= 0.6 is 24.0 Å². The summed E-state index contributed by atoms with van der Waals surface area (Å²) in [6.07, 6.45) is 1.72. The first kappa shape index (κ1) is 24.8. The van der Waals surface area contributed by atoms with Crippen molar-refractivity contribution in [3.63, 3.8) is 0 Å². The molecule has 0 bridgehead atoms. The topological polar surface area (TPSA) is 85.6 Å². The molecule has 4 rings (SSSR count). The van der Waals surface area contributed by atoms with Crippen molar-refractivity contribution in [3.8, 4) is 11.5 Å². The number of benzene rings is 2. The lowest BCUT2D eigenvalue weighted by atomic mass is 10.0. The Kier molecular flexibility index (Phi) is 9.35. The maximum atomic E-state index is 5.80. The Hall–Kier alpha value is -2.82. The number of halogens is 1. The molecule has 2 N–H and O–H groups in total. The highest BCUT2D eigenvalue weighted by atomic mass is 127. The summed E-state index contributed by atoms with van der Waals surface area (Å²) in [6.45, 7) is 4.42. The van der Waals surface area contributed by atoms with Gasteiger partial charge in [-0.3, -0.25) is 0 Å². The van der Waals surface area contributed by atoms with Crippen molar-refractivity contribution in [3.05, 3.63) is 71.8 Å². The molecule has 3 aromatic rings. The van der Waals surface area contributed by atoms with Crippen LogP contribution in [0.1, 0.15) is 36.1 Å². The minimum atomic E-state index is 0. The lowest BCUT2D eigenvalue weighted by molar-refractivity contribution is 0.261. The molecule has 176 valence electrons. The van der Waals surface area contributed by atoms with Crippen LogP contribution in [-0.2, 0) is 13.6 Å². The van der Waals surface area contributed by atoms with Gasteiger partial charge in [0.15, 0.2) is 11.8 Å². The molecule has 0 saturated carbocycles. The largest absolute Gasteiger partial charge is 0.494 e. The molecule has 0 fully saturated rings. The fraction of sp³-hybridized carbons (Fsp3) is 0.375. The molecule has 0 amide bonds. The van der Waals surface area contributed by atoms with Gasteiger partial charge in [0.25, 0.3) is 0 Å². The molecule has 2 aromatic carbocycles. The Balaban J connectivity index is 0.00000306. The number of guanidine groups is 1. The van der Waals surface area contributed by atoms with Gasteiger partial charge >= 0.3 is 0 Å². The number of nitrogens with zero attached hydrogens (tertiary/aromatic N) is 4. The van der Waals surface area contributed by atoms with Crippen LogP contribution in [0.15, 0.2) is 59.6 Å². The fourth-order valence-corrected chi connectivity index (χ4v) is 3.53. The van der Waals surface area contributed by atoms with E-state index in [2.05, 4.69) is 26.9 Å². The summed E-state index contributed by atoms with van der Waals surface area (Å²) in [4.78, 5) is 4.78. The average Bonchev–Trinajstić information content (AvgIpc) is 3.15. The predicted octanol–water partition coefficient (Wildman–Crippen LogP) is 3.77. The maximum absolute atomic E-state index is 5.80. The van der Waals surface area contributed by atoms with E-state index in [1.165, 1.54) is 0 Å². The van der Waals surface area contributed by atoms with Crippen LogP contribution in [0.4, 0.5) is 0 Å². The van der Waals surface area contributed by atoms with Gasteiger partial charge in [0.1, 0.15) is 23.9 Å². The van der Waals surface area contributed by atoms with Gasteiger partial charge in [0.2, 0.25) is 0 Å². The summed E-state index contributed by atoms with van der Waals surface area (Å²) in [7, 11) is 1.95. The molecule has 9 heteroatoms. The minimum absolute atomic E-state index is 0. The minimum Gasteiger partial charge on any atom is -0.494 e. The molecule has 0 radical (unpaired) electrons. The van der Waals surface area contributed by atoms with Crippen LogP contribution in [0.25, 0.3) is 0 Å². The van der Waals surface area contributed by atoms with Crippen molar-refractivity contribution in [1.82, 2.24) is 25.4 Å². The quantitative estimate of drug-likeness (QED) is 0.188. The van der Waals surface area contributed by atoms with Gasteiger partial charge in [-0.05, 0) is 31.5 Å². The van der Waals surface area contributed by atoms with E-state index in [0.29, 0.717) is 19.8 Å². The number of aryl methyl sites for hydroxylation is 1. The molecule has 1 aliphatic rings.